The topological polar surface area (TPSA) is 61.4 Å². The number of hydrogen-bond donors (Lipinski definition) is 2. The average Bonchev–Trinajstić information content (AvgIpc) is 2.47. The van der Waals surface area contributed by atoms with Crippen LogP contribution in [0.3, 0.4) is 0 Å². The number of piperidine rings is 1. The molecule has 0 aliphatic carbocycles. The Hall–Kier alpha value is -1.02. The van der Waals surface area contributed by atoms with E-state index in [1.54, 1.807) is 12.1 Å². The standard InChI is InChI=1S/C14H22FN3O2S/c1-16-11-14-4-2-3-9-18(14)21(19,20)17-10-12-5-7-13(15)8-6-12/h5-8,14,16-17H,2-4,9-11H2,1H3. The van der Waals surface area contributed by atoms with Gasteiger partial charge < -0.3 is 5.32 Å². The molecule has 1 fully saturated rings. The molecule has 118 valence electrons. The zero-order valence-electron chi connectivity index (χ0n) is 12.2. The number of hydrogen-bond acceptors (Lipinski definition) is 3. The quantitative estimate of drug-likeness (QED) is 0.830. The van der Waals surface area contributed by atoms with Gasteiger partial charge in [-0.1, -0.05) is 18.6 Å². The van der Waals surface area contributed by atoms with Crippen molar-refractivity contribution in [3.05, 3.63) is 35.6 Å². The highest BCUT2D eigenvalue weighted by Crippen LogP contribution is 2.19. The molecule has 21 heavy (non-hydrogen) atoms. The summed E-state index contributed by atoms with van der Waals surface area (Å²) in [6.45, 7) is 1.37. The second-order valence-corrected chi connectivity index (χ2v) is 6.98. The van der Waals surface area contributed by atoms with Gasteiger partial charge in [0.2, 0.25) is 0 Å². The van der Waals surface area contributed by atoms with Crippen LogP contribution in [0.15, 0.2) is 24.3 Å². The lowest BCUT2D eigenvalue weighted by atomic mass is 10.1. The van der Waals surface area contributed by atoms with Crippen molar-refractivity contribution in [2.45, 2.75) is 31.8 Å². The first-order valence-corrected chi connectivity index (χ1v) is 8.62. The largest absolute Gasteiger partial charge is 0.318 e. The van der Waals surface area contributed by atoms with Crippen molar-refractivity contribution in [1.82, 2.24) is 14.3 Å². The molecule has 7 heteroatoms. The second-order valence-electron chi connectivity index (χ2n) is 5.27. The van der Waals surface area contributed by atoms with Gasteiger partial charge in [-0.25, -0.2) is 4.39 Å². The molecule has 1 aromatic rings. The Kier molecular flexibility index (Phi) is 5.69. The van der Waals surface area contributed by atoms with Gasteiger partial charge in [-0.3, -0.25) is 0 Å². The predicted molar refractivity (Wildman–Crippen MR) is 80.4 cm³/mol. The molecule has 2 rings (SSSR count). The third-order valence-corrected chi connectivity index (χ3v) is 5.30. The summed E-state index contributed by atoms with van der Waals surface area (Å²) in [6.07, 6.45) is 2.81. The highest BCUT2D eigenvalue weighted by molar-refractivity contribution is 7.87. The summed E-state index contributed by atoms with van der Waals surface area (Å²) in [5, 5.41) is 3.04. The van der Waals surface area contributed by atoms with E-state index >= 15 is 0 Å². The molecule has 0 radical (unpaired) electrons. The smallest absolute Gasteiger partial charge is 0.280 e. The third kappa shape index (κ3) is 4.47. The van der Waals surface area contributed by atoms with Gasteiger partial charge in [0.15, 0.2) is 0 Å². The molecule has 0 saturated carbocycles. The zero-order valence-corrected chi connectivity index (χ0v) is 13.0. The van der Waals surface area contributed by atoms with Gasteiger partial charge in [-0.15, -0.1) is 0 Å². The van der Waals surface area contributed by atoms with Crippen LogP contribution in [0.1, 0.15) is 24.8 Å². The van der Waals surface area contributed by atoms with E-state index in [0.717, 1.165) is 24.8 Å². The first-order chi connectivity index (χ1) is 10.0. The number of rotatable bonds is 6. The molecule has 1 aliphatic rings. The molecule has 5 nitrogen and oxygen atoms in total. The Morgan fingerprint density at radius 3 is 2.67 bits per heavy atom. The van der Waals surface area contributed by atoms with Crippen molar-refractivity contribution >= 4 is 10.2 Å². The van der Waals surface area contributed by atoms with Gasteiger partial charge >= 0.3 is 0 Å². The van der Waals surface area contributed by atoms with E-state index in [0.29, 0.717) is 13.1 Å². The molecule has 1 aromatic carbocycles. The number of likely N-dealkylation sites (N-methyl/N-ethyl adjacent to an activating group) is 1. The Morgan fingerprint density at radius 2 is 2.00 bits per heavy atom. The molecular formula is C14H22FN3O2S. The molecule has 0 spiro atoms. The molecule has 0 bridgehead atoms. The molecule has 0 amide bonds. The van der Waals surface area contributed by atoms with Crippen molar-refractivity contribution in [3.8, 4) is 0 Å². The van der Waals surface area contributed by atoms with E-state index in [1.165, 1.54) is 16.4 Å². The fourth-order valence-electron chi connectivity index (χ4n) is 2.59. The number of benzene rings is 1. The molecule has 1 unspecified atom stereocenters. The normalized spacial score (nSPS) is 20.6. The van der Waals surface area contributed by atoms with E-state index in [4.69, 9.17) is 0 Å². The Bertz CT molecular complexity index is 546. The van der Waals surface area contributed by atoms with E-state index in [1.807, 2.05) is 7.05 Å². The molecular weight excluding hydrogens is 293 g/mol. The molecule has 2 N–H and O–H groups in total. The van der Waals surface area contributed by atoms with Crippen LogP contribution in [0, 0.1) is 5.82 Å². The molecule has 1 aliphatic heterocycles. The van der Waals surface area contributed by atoms with Crippen LogP contribution >= 0.6 is 0 Å². The van der Waals surface area contributed by atoms with E-state index < -0.39 is 10.2 Å². The second kappa shape index (κ2) is 7.31. The summed E-state index contributed by atoms with van der Waals surface area (Å²) in [5.74, 6) is -0.327. The van der Waals surface area contributed by atoms with Crippen LogP contribution < -0.4 is 10.0 Å². The summed E-state index contributed by atoms with van der Waals surface area (Å²) < 4.78 is 41.8. The van der Waals surface area contributed by atoms with Crippen molar-refractivity contribution in [2.24, 2.45) is 0 Å². The highest BCUT2D eigenvalue weighted by Gasteiger charge is 2.31. The SMILES string of the molecule is CNCC1CCCCN1S(=O)(=O)NCc1ccc(F)cc1. The summed E-state index contributed by atoms with van der Waals surface area (Å²) in [5.41, 5.74) is 0.738. The minimum Gasteiger partial charge on any atom is -0.318 e. The lowest BCUT2D eigenvalue weighted by Crippen LogP contribution is -2.51. The van der Waals surface area contributed by atoms with Gasteiger partial charge in [0, 0.05) is 25.7 Å². The third-order valence-electron chi connectivity index (χ3n) is 3.69. The summed E-state index contributed by atoms with van der Waals surface area (Å²) in [4.78, 5) is 0. The highest BCUT2D eigenvalue weighted by atomic mass is 32.2. The van der Waals surface area contributed by atoms with Gasteiger partial charge in [0.1, 0.15) is 5.82 Å². The fraction of sp³-hybridized carbons (Fsp3) is 0.571. The lowest BCUT2D eigenvalue weighted by Gasteiger charge is -2.34. The van der Waals surface area contributed by atoms with Crippen molar-refractivity contribution in [2.75, 3.05) is 20.1 Å². The van der Waals surface area contributed by atoms with Crippen LogP contribution in [0.4, 0.5) is 4.39 Å². The van der Waals surface area contributed by atoms with Crippen LogP contribution in [0.5, 0.6) is 0 Å². The van der Waals surface area contributed by atoms with Gasteiger partial charge in [0.05, 0.1) is 0 Å². The lowest BCUT2D eigenvalue weighted by molar-refractivity contribution is 0.246. The average molecular weight is 315 g/mol. The maximum atomic E-state index is 12.8. The Labute approximate surface area is 125 Å². The van der Waals surface area contributed by atoms with Crippen LogP contribution in [-0.2, 0) is 16.8 Å². The van der Waals surface area contributed by atoms with Gasteiger partial charge in [-0.2, -0.15) is 17.4 Å². The van der Waals surface area contributed by atoms with Crippen LogP contribution in [0.2, 0.25) is 0 Å². The Morgan fingerprint density at radius 1 is 1.29 bits per heavy atom. The summed E-state index contributed by atoms with van der Waals surface area (Å²) in [6, 6.07) is 5.82. The molecule has 1 heterocycles. The fourth-order valence-corrected chi connectivity index (χ4v) is 4.05. The minimum atomic E-state index is -3.51. The van der Waals surface area contributed by atoms with Gasteiger partial charge in [0.25, 0.3) is 10.2 Å². The zero-order chi connectivity index (χ0) is 15.3. The van der Waals surface area contributed by atoms with Crippen LogP contribution in [0.25, 0.3) is 0 Å². The van der Waals surface area contributed by atoms with Gasteiger partial charge in [-0.05, 0) is 37.6 Å². The molecule has 1 saturated heterocycles. The number of halogens is 1. The van der Waals surface area contributed by atoms with E-state index in [2.05, 4.69) is 10.0 Å². The van der Waals surface area contributed by atoms with E-state index in [-0.39, 0.29) is 18.4 Å². The van der Waals surface area contributed by atoms with Crippen molar-refractivity contribution < 1.29 is 12.8 Å². The maximum Gasteiger partial charge on any atom is 0.280 e. The maximum absolute atomic E-state index is 12.8. The molecule has 1 atom stereocenters. The summed E-state index contributed by atoms with van der Waals surface area (Å²) in [7, 11) is -1.69. The number of nitrogens with one attached hydrogen (secondary N) is 2. The van der Waals surface area contributed by atoms with Crippen molar-refractivity contribution in [1.29, 1.82) is 0 Å². The van der Waals surface area contributed by atoms with Crippen LogP contribution in [-0.4, -0.2) is 38.9 Å². The van der Waals surface area contributed by atoms with Crippen molar-refractivity contribution in [3.63, 3.8) is 0 Å². The minimum absolute atomic E-state index is 0.00512. The monoisotopic (exact) mass is 315 g/mol. The summed E-state index contributed by atoms with van der Waals surface area (Å²) >= 11 is 0. The first kappa shape index (κ1) is 16.4. The first-order valence-electron chi connectivity index (χ1n) is 7.18. The number of nitrogens with zero attached hydrogens (tertiary/aromatic N) is 1. The predicted octanol–water partition coefficient (Wildman–Crippen LogP) is 1.23. The van der Waals surface area contributed by atoms with E-state index in [9.17, 15) is 12.8 Å². The Balaban J connectivity index is 2.00. The molecule has 0 aromatic heterocycles.